The summed E-state index contributed by atoms with van der Waals surface area (Å²) in [4.78, 5) is 13.7. The first-order chi connectivity index (χ1) is 9.15. The summed E-state index contributed by atoms with van der Waals surface area (Å²) in [5, 5.41) is 13.7. The van der Waals surface area contributed by atoms with E-state index in [9.17, 15) is 10.1 Å². The van der Waals surface area contributed by atoms with Crippen LogP contribution in [-0.2, 0) is 6.42 Å². The maximum Gasteiger partial charge on any atom is 0.363 e. The predicted molar refractivity (Wildman–Crippen MR) is 74.3 cm³/mol. The third-order valence-electron chi connectivity index (χ3n) is 2.76. The SMILES string of the molecule is Cc1cccc(CCNc2ccc([N+](=O)[O-])nc2)c1. The molecule has 1 aromatic carbocycles. The van der Waals surface area contributed by atoms with Crippen molar-refractivity contribution in [1.82, 2.24) is 4.98 Å². The molecule has 0 unspecified atom stereocenters. The fourth-order valence-corrected chi connectivity index (χ4v) is 1.82. The summed E-state index contributed by atoms with van der Waals surface area (Å²) in [6.45, 7) is 2.83. The summed E-state index contributed by atoms with van der Waals surface area (Å²) in [6, 6.07) is 11.4. The molecule has 0 aliphatic rings. The molecule has 0 spiro atoms. The van der Waals surface area contributed by atoms with Crippen molar-refractivity contribution in [2.45, 2.75) is 13.3 Å². The van der Waals surface area contributed by atoms with Gasteiger partial charge in [-0.3, -0.25) is 0 Å². The molecule has 2 rings (SSSR count). The highest BCUT2D eigenvalue weighted by Crippen LogP contribution is 2.11. The van der Waals surface area contributed by atoms with Gasteiger partial charge in [-0.05, 0) is 34.9 Å². The van der Waals surface area contributed by atoms with E-state index in [4.69, 9.17) is 0 Å². The van der Waals surface area contributed by atoms with Gasteiger partial charge in [-0.15, -0.1) is 0 Å². The van der Waals surface area contributed by atoms with Crippen LogP contribution >= 0.6 is 0 Å². The van der Waals surface area contributed by atoms with E-state index in [-0.39, 0.29) is 5.82 Å². The maximum atomic E-state index is 10.5. The molecular weight excluding hydrogens is 242 g/mol. The smallest absolute Gasteiger partial charge is 0.363 e. The Morgan fingerprint density at radius 3 is 2.79 bits per heavy atom. The second-order valence-corrected chi connectivity index (χ2v) is 4.33. The lowest BCUT2D eigenvalue weighted by molar-refractivity contribution is -0.389. The highest BCUT2D eigenvalue weighted by atomic mass is 16.6. The van der Waals surface area contributed by atoms with Crippen molar-refractivity contribution in [3.63, 3.8) is 0 Å². The van der Waals surface area contributed by atoms with Crippen LogP contribution in [0.25, 0.3) is 0 Å². The number of aryl methyl sites for hydroxylation is 1. The van der Waals surface area contributed by atoms with Crippen LogP contribution in [0, 0.1) is 17.0 Å². The lowest BCUT2D eigenvalue weighted by atomic mass is 10.1. The average molecular weight is 257 g/mol. The third-order valence-corrected chi connectivity index (χ3v) is 2.76. The monoisotopic (exact) mass is 257 g/mol. The van der Waals surface area contributed by atoms with Crippen molar-refractivity contribution in [3.8, 4) is 0 Å². The van der Waals surface area contributed by atoms with Gasteiger partial charge in [0.05, 0.1) is 5.69 Å². The molecule has 0 fully saturated rings. The van der Waals surface area contributed by atoms with Gasteiger partial charge in [0.15, 0.2) is 6.20 Å². The molecule has 1 aromatic heterocycles. The molecule has 1 heterocycles. The van der Waals surface area contributed by atoms with Crippen molar-refractivity contribution < 1.29 is 4.92 Å². The molecule has 0 radical (unpaired) electrons. The largest absolute Gasteiger partial charge is 0.382 e. The van der Waals surface area contributed by atoms with Gasteiger partial charge in [0.1, 0.15) is 0 Å². The second kappa shape index (κ2) is 5.95. The minimum atomic E-state index is -0.503. The van der Waals surface area contributed by atoms with Gasteiger partial charge in [-0.25, -0.2) is 0 Å². The lowest BCUT2D eigenvalue weighted by Gasteiger charge is -2.05. The van der Waals surface area contributed by atoms with Crippen LogP contribution in [-0.4, -0.2) is 16.5 Å². The van der Waals surface area contributed by atoms with Crippen LogP contribution < -0.4 is 5.32 Å². The lowest BCUT2D eigenvalue weighted by Crippen LogP contribution is -2.05. The number of anilines is 1. The fourth-order valence-electron chi connectivity index (χ4n) is 1.82. The van der Waals surface area contributed by atoms with E-state index in [1.165, 1.54) is 23.4 Å². The molecule has 0 atom stereocenters. The Kier molecular flexibility index (Phi) is 4.07. The maximum absolute atomic E-state index is 10.5. The van der Waals surface area contributed by atoms with Crippen molar-refractivity contribution in [2.75, 3.05) is 11.9 Å². The molecule has 19 heavy (non-hydrogen) atoms. The summed E-state index contributed by atoms with van der Waals surface area (Å²) in [5.74, 6) is -0.135. The molecule has 0 aliphatic carbocycles. The molecule has 5 nitrogen and oxygen atoms in total. The number of pyridine rings is 1. The number of nitro groups is 1. The van der Waals surface area contributed by atoms with Crippen molar-refractivity contribution in [3.05, 3.63) is 63.8 Å². The summed E-state index contributed by atoms with van der Waals surface area (Å²) in [7, 11) is 0. The Bertz CT molecular complexity index is 567. The van der Waals surface area contributed by atoms with E-state index >= 15 is 0 Å². The van der Waals surface area contributed by atoms with Gasteiger partial charge in [-0.1, -0.05) is 29.8 Å². The number of aromatic nitrogens is 1. The summed E-state index contributed by atoms with van der Waals surface area (Å²) in [5.41, 5.74) is 3.30. The van der Waals surface area contributed by atoms with Crippen molar-refractivity contribution in [2.24, 2.45) is 0 Å². The highest BCUT2D eigenvalue weighted by Gasteiger charge is 2.05. The Morgan fingerprint density at radius 1 is 1.32 bits per heavy atom. The second-order valence-electron chi connectivity index (χ2n) is 4.33. The normalized spacial score (nSPS) is 10.2. The van der Waals surface area contributed by atoms with Crippen LogP contribution in [0.1, 0.15) is 11.1 Å². The van der Waals surface area contributed by atoms with E-state index in [1.807, 2.05) is 6.07 Å². The summed E-state index contributed by atoms with van der Waals surface area (Å²) in [6.07, 6.45) is 2.38. The molecule has 0 amide bonds. The molecule has 0 aliphatic heterocycles. The van der Waals surface area contributed by atoms with Gasteiger partial charge >= 0.3 is 5.82 Å². The first-order valence-corrected chi connectivity index (χ1v) is 6.05. The molecule has 0 saturated carbocycles. The van der Waals surface area contributed by atoms with Crippen molar-refractivity contribution >= 4 is 11.5 Å². The van der Waals surface area contributed by atoms with Crippen LogP contribution in [0.2, 0.25) is 0 Å². The van der Waals surface area contributed by atoms with Crippen LogP contribution in [0.4, 0.5) is 11.5 Å². The predicted octanol–water partition coefficient (Wildman–Crippen LogP) is 2.95. The average Bonchev–Trinajstić information content (AvgIpc) is 2.39. The fraction of sp³-hybridized carbons (Fsp3) is 0.214. The first-order valence-electron chi connectivity index (χ1n) is 6.05. The molecule has 98 valence electrons. The van der Waals surface area contributed by atoms with Crippen molar-refractivity contribution in [1.29, 1.82) is 0 Å². The van der Waals surface area contributed by atoms with Gasteiger partial charge in [0.2, 0.25) is 0 Å². The number of hydrogen-bond donors (Lipinski definition) is 1. The molecule has 2 aromatic rings. The Balaban J connectivity index is 1.87. The van der Waals surface area contributed by atoms with Gasteiger partial charge < -0.3 is 15.4 Å². The zero-order valence-electron chi connectivity index (χ0n) is 10.7. The topological polar surface area (TPSA) is 68.1 Å². The zero-order chi connectivity index (χ0) is 13.7. The number of nitrogens with zero attached hydrogens (tertiary/aromatic N) is 2. The van der Waals surface area contributed by atoms with Gasteiger partial charge in [0.25, 0.3) is 0 Å². The molecule has 1 N–H and O–H groups in total. The van der Waals surface area contributed by atoms with Gasteiger partial charge in [0, 0.05) is 12.6 Å². The third kappa shape index (κ3) is 3.77. The van der Waals surface area contributed by atoms with E-state index in [2.05, 4.69) is 35.4 Å². The van der Waals surface area contributed by atoms with Crippen LogP contribution in [0.3, 0.4) is 0 Å². The Labute approximate surface area is 111 Å². The zero-order valence-corrected chi connectivity index (χ0v) is 10.7. The van der Waals surface area contributed by atoms with E-state index in [1.54, 1.807) is 6.07 Å². The number of rotatable bonds is 5. The van der Waals surface area contributed by atoms with E-state index in [0.29, 0.717) is 0 Å². The van der Waals surface area contributed by atoms with Gasteiger partial charge in [-0.2, -0.15) is 0 Å². The molecule has 0 bridgehead atoms. The van der Waals surface area contributed by atoms with Crippen LogP contribution in [0.15, 0.2) is 42.6 Å². The molecular formula is C14H15N3O2. The highest BCUT2D eigenvalue weighted by molar-refractivity contribution is 5.43. The first kappa shape index (κ1) is 13.0. The minimum Gasteiger partial charge on any atom is -0.382 e. The molecule has 0 saturated heterocycles. The quantitative estimate of drug-likeness (QED) is 0.660. The number of benzene rings is 1. The number of hydrogen-bond acceptors (Lipinski definition) is 4. The van der Waals surface area contributed by atoms with Crippen LogP contribution in [0.5, 0.6) is 0 Å². The van der Waals surface area contributed by atoms with E-state index in [0.717, 1.165) is 18.7 Å². The number of nitrogens with one attached hydrogen (secondary N) is 1. The Morgan fingerprint density at radius 2 is 2.16 bits per heavy atom. The Hall–Kier alpha value is -2.43. The molecule has 5 heteroatoms. The van der Waals surface area contributed by atoms with E-state index < -0.39 is 4.92 Å². The standard InChI is InChI=1S/C14H15N3O2/c1-11-3-2-4-12(9-11)7-8-15-13-5-6-14(16-10-13)17(18)19/h2-6,9-10,15H,7-8H2,1H3. The summed E-state index contributed by atoms with van der Waals surface area (Å²) < 4.78 is 0. The summed E-state index contributed by atoms with van der Waals surface area (Å²) >= 11 is 0. The minimum absolute atomic E-state index is 0.135.